The van der Waals surface area contributed by atoms with Gasteiger partial charge in [-0.3, -0.25) is 4.57 Å². The SMILES string of the molecule is CC(C)(C)c1ccnc(-n2c3[c-]c(Oc4[c-]c(-n5[c-][n+]6c7c(cccc75)-c5ccccc5-c5cc7c(cc5-c5cccc(-c8ccccc8)c5-6)C(C)(C)CCC7(C)C)ccc4)ccc3c3ccccc32)c1.[Pt]. The van der Waals surface area contributed by atoms with Gasteiger partial charge in [-0.15, -0.1) is 29.7 Å². The second-order valence-electron chi connectivity index (χ2n) is 21.9. The molecule has 5 nitrogen and oxygen atoms in total. The van der Waals surface area contributed by atoms with Gasteiger partial charge in [0, 0.05) is 44.3 Å². The molecule has 3 aromatic heterocycles. The van der Waals surface area contributed by atoms with E-state index in [0.717, 1.165) is 79.6 Å². The molecule has 0 spiro atoms. The van der Waals surface area contributed by atoms with Crippen LogP contribution in [0.15, 0.2) is 176 Å². The summed E-state index contributed by atoms with van der Waals surface area (Å²) in [6, 6.07) is 68.7. The summed E-state index contributed by atoms with van der Waals surface area (Å²) >= 11 is 0. The number of pyridine rings is 1. The number of benzene rings is 8. The molecule has 0 N–H and O–H groups in total. The van der Waals surface area contributed by atoms with Crippen molar-refractivity contribution < 1.29 is 30.4 Å². The summed E-state index contributed by atoms with van der Waals surface area (Å²) in [6.45, 7) is 16.4. The summed E-state index contributed by atoms with van der Waals surface area (Å²) in [6.07, 6.45) is 8.15. The number of hydrogen-bond donors (Lipinski definition) is 0. The van der Waals surface area contributed by atoms with Crippen LogP contribution in [0.2, 0.25) is 0 Å². The minimum Gasteiger partial charge on any atom is -0.510 e. The van der Waals surface area contributed by atoms with Crippen LogP contribution in [-0.2, 0) is 37.3 Å². The van der Waals surface area contributed by atoms with E-state index < -0.39 is 0 Å². The van der Waals surface area contributed by atoms with E-state index in [9.17, 15) is 0 Å². The molecule has 72 heavy (non-hydrogen) atoms. The predicted octanol–water partition coefficient (Wildman–Crippen LogP) is 16.2. The van der Waals surface area contributed by atoms with Crippen molar-refractivity contribution in [2.75, 3.05) is 0 Å². The molecule has 1 aliphatic heterocycles. The second-order valence-corrected chi connectivity index (χ2v) is 21.9. The van der Waals surface area contributed by atoms with Crippen molar-refractivity contribution in [3.63, 3.8) is 0 Å². The number of fused-ring (bicyclic) bond motifs is 11. The van der Waals surface area contributed by atoms with Crippen molar-refractivity contribution in [3.05, 3.63) is 211 Å². The third-order valence-corrected chi connectivity index (χ3v) is 15.4. The van der Waals surface area contributed by atoms with Gasteiger partial charge in [-0.2, -0.15) is 18.2 Å². The fourth-order valence-electron chi connectivity index (χ4n) is 11.5. The summed E-state index contributed by atoms with van der Waals surface area (Å²) in [4.78, 5) is 4.89. The standard InChI is InChI=1S/C66H54N4O.Pt/c1-64(2,3)43-32-35-67-61(36-43)70-58-28-14-13-24-50(58)51-31-30-46(38-60(51)70)71-45-21-15-20-44(37-45)68-41-69-62-47(42-18-9-8-10-19-42)25-16-26-53(62)55-40-57-56(65(4,5)33-34-66(57,6)7)39-54(55)49-23-12-11-22-48(49)52-27-17-29-59(68)63(52)69;/h8-32,35-36,39-40H,33-34H2,1-7H3;/q-2;. The molecule has 6 heteroatoms. The van der Waals surface area contributed by atoms with Gasteiger partial charge in [-0.05, 0) is 126 Å². The van der Waals surface area contributed by atoms with Gasteiger partial charge in [-0.25, -0.2) is 4.98 Å². The topological polar surface area (TPSA) is 35.9 Å². The fraction of sp³-hybridized carbons (Fsp3) is 0.182. The third-order valence-electron chi connectivity index (χ3n) is 15.4. The van der Waals surface area contributed by atoms with Crippen molar-refractivity contribution in [2.45, 2.75) is 77.6 Å². The molecule has 0 radical (unpaired) electrons. The number of imidazole rings is 1. The molecule has 13 rings (SSSR count). The van der Waals surface area contributed by atoms with Gasteiger partial charge in [0.2, 0.25) is 0 Å². The Morgan fingerprint density at radius 1 is 0.556 bits per heavy atom. The Kier molecular flexibility index (Phi) is 10.7. The van der Waals surface area contributed by atoms with Gasteiger partial charge in [-0.1, -0.05) is 169 Å². The fourth-order valence-corrected chi connectivity index (χ4v) is 11.5. The van der Waals surface area contributed by atoms with Gasteiger partial charge in [0.05, 0.1) is 16.7 Å². The number of para-hydroxylation sites is 3. The molecule has 0 bridgehead atoms. The number of ether oxygens (including phenoxy) is 1. The van der Waals surface area contributed by atoms with Crippen molar-refractivity contribution in [1.29, 1.82) is 0 Å². The van der Waals surface area contributed by atoms with Crippen LogP contribution in [0.4, 0.5) is 0 Å². The Balaban J connectivity index is 0.00000530. The van der Waals surface area contributed by atoms with Crippen LogP contribution in [0, 0.1) is 18.5 Å². The van der Waals surface area contributed by atoms with Crippen molar-refractivity contribution in [3.8, 4) is 73.2 Å². The zero-order chi connectivity index (χ0) is 48.4. The van der Waals surface area contributed by atoms with Crippen LogP contribution < -0.4 is 9.30 Å². The number of nitrogens with zero attached hydrogens (tertiary/aromatic N) is 4. The largest absolute Gasteiger partial charge is 0.510 e. The quantitative estimate of drug-likeness (QED) is 0.127. The van der Waals surface area contributed by atoms with E-state index in [-0.39, 0.29) is 37.3 Å². The summed E-state index contributed by atoms with van der Waals surface area (Å²) in [5, 5.41) is 2.22. The number of rotatable bonds is 5. The minimum atomic E-state index is -0.0355. The molecule has 4 heterocycles. The van der Waals surface area contributed by atoms with Gasteiger partial charge in [0.25, 0.3) is 6.33 Å². The molecule has 0 amide bonds. The van der Waals surface area contributed by atoms with E-state index in [4.69, 9.17) is 9.72 Å². The first-order valence-corrected chi connectivity index (χ1v) is 24.9. The van der Waals surface area contributed by atoms with Gasteiger partial charge in [0.15, 0.2) is 0 Å². The van der Waals surface area contributed by atoms with Crippen molar-refractivity contribution in [1.82, 2.24) is 14.1 Å². The van der Waals surface area contributed by atoms with Crippen LogP contribution in [0.1, 0.15) is 78.0 Å². The maximum Gasteiger partial charge on any atom is 0.268 e. The van der Waals surface area contributed by atoms with Crippen LogP contribution in [-0.4, -0.2) is 14.1 Å². The average Bonchev–Trinajstić information content (AvgIpc) is 3.94. The molecular weight excluding hydrogens is 1060 g/mol. The van der Waals surface area contributed by atoms with E-state index in [0.29, 0.717) is 11.5 Å². The molecule has 11 aromatic rings. The summed E-state index contributed by atoms with van der Waals surface area (Å²) in [5.41, 5.74) is 19.6. The summed E-state index contributed by atoms with van der Waals surface area (Å²) in [7, 11) is 0. The Bertz CT molecular complexity index is 3960. The molecule has 8 aromatic carbocycles. The third kappa shape index (κ3) is 7.30. The summed E-state index contributed by atoms with van der Waals surface area (Å²) < 4.78 is 13.4. The molecule has 0 fully saturated rings. The van der Waals surface area contributed by atoms with Crippen LogP contribution in [0.25, 0.3) is 94.5 Å². The van der Waals surface area contributed by atoms with Crippen LogP contribution in [0.3, 0.4) is 0 Å². The van der Waals surface area contributed by atoms with Gasteiger partial charge >= 0.3 is 0 Å². The monoisotopic (exact) mass is 1110 g/mol. The Labute approximate surface area is 436 Å². The molecular formula is C66H54N4OPt-2. The van der Waals surface area contributed by atoms with E-state index in [1.54, 1.807) is 0 Å². The first-order chi connectivity index (χ1) is 34.3. The van der Waals surface area contributed by atoms with Gasteiger partial charge in [0.1, 0.15) is 5.82 Å². The number of aromatic nitrogens is 4. The Hall–Kier alpha value is -7.33. The van der Waals surface area contributed by atoms with Crippen molar-refractivity contribution in [2.24, 2.45) is 0 Å². The van der Waals surface area contributed by atoms with Crippen LogP contribution in [0.5, 0.6) is 11.5 Å². The Morgan fingerprint density at radius 2 is 1.17 bits per heavy atom. The van der Waals surface area contributed by atoms with Crippen LogP contribution >= 0.6 is 0 Å². The maximum atomic E-state index is 6.77. The van der Waals surface area contributed by atoms with Gasteiger partial charge < -0.3 is 13.9 Å². The molecule has 1 aliphatic carbocycles. The zero-order valence-corrected chi connectivity index (χ0v) is 43.9. The van der Waals surface area contributed by atoms with E-state index >= 15 is 0 Å². The first kappa shape index (κ1) is 45.8. The first-order valence-electron chi connectivity index (χ1n) is 24.9. The molecule has 0 atom stereocenters. The smallest absolute Gasteiger partial charge is 0.268 e. The normalized spacial score (nSPS) is 14.3. The summed E-state index contributed by atoms with van der Waals surface area (Å²) in [5.74, 6) is 2.02. The molecule has 2 aliphatic rings. The van der Waals surface area contributed by atoms with Crippen molar-refractivity contribution >= 4 is 32.8 Å². The van der Waals surface area contributed by atoms with E-state index in [1.807, 2.05) is 24.4 Å². The molecule has 0 saturated carbocycles. The van der Waals surface area contributed by atoms with E-state index in [2.05, 4.69) is 232 Å². The molecule has 0 unspecified atom stereocenters. The maximum absolute atomic E-state index is 6.77. The Morgan fingerprint density at radius 3 is 1.93 bits per heavy atom. The minimum absolute atomic E-state index is 0. The molecule has 0 saturated heterocycles. The number of hydrogen-bond acceptors (Lipinski definition) is 2. The predicted molar refractivity (Wildman–Crippen MR) is 289 cm³/mol. The average molecular weight is 1110 g/mol. The molecule has 356 valence electrons. The second kappa shape index (κ2) is 16.9. The van der Waals surface area contributed by atoms with E-state index in [1.165, 1.54) is 44.5 Å². The zero-order valence-electron chi connectivity index (χ0n) is 41.7.